The molecule has 4 aliphatic carbocycles. The molecule has 0 unspecified atom stereocenters. The van der Waals surface area contributed by atoms with Crippen LogP contribution in [0.3, 0.4) is 0 Å². The molecule has 0 atom stereocenters. The number of methoxy groups -OCH3 is 1. The molecule has 308 valence electrons. The van der Waals surface area contributed by atoms with Gasteiger partial charge >= 0.3 is 0 Å². The van der Waals surface area contributed by atoms with Gasteiger partial charge in [0.1, 0.15) is 5.75 Å². The number of fused-ring (bicyclic) bond motifs is 3. The van der Waals surface area contributed by atoms with Crippen LogP contribution in [-0.4, -0.2) is 27.0 Å². The molecule has 8 heteroatoms. The number of benzene rings is 3. The Morgan fingerprint density at radius 1 is 0.644 bits per heavy atom. The summed E-state index contributed by atoms with van der Waals surface area (Å²) in [6.45, 7) is 12.9. The summed E-state index contributed by atoms with van der Waals surface area (Å²) < 4.78 is 7.58. The van der Waals surface area contributed by atoms with Gasteiger partial charge in [-0.2, -0.15) is 0 Å². The third-order valence-corrected chi connectivity index (χ3v) is 14.1. The predicted octanol–water partition coefficient (Wildman–Crippen LogP) is 14.9. The molecule has 0 aliphatic heterocycles. The quantitative estimate of drug-likeness (QED) is 0.177. The van der Waals surface area contributed by atoms with Crippen LogP contribution in [0.25, 0.3) is 31.3 Å². The van der Waals surface area contributed by atoms with E-state index in [0.29, 0.717) is 0 Å². The number of para-hydroxylation sites is 2. The van der Waals surface area contributed by atoms with Crippen LogP contribution in [0.15, 0.2) is 121 Å². The Kier molecular flexibility index (Phi) is 16.2. The van der Waals surface area contributed by atoms with Crippen LogP contribution in [0.5, 0.6) is 5.75 Å². The van der Waals surface area contributed by atoms with Crippen molar-refractivity contribution in [2.24, 2.45) is 23.2 Å². The van der Waals surface area contributed by atoms with Gasteiger partial charge in [0, 0.05) is 28.4 Å². The number of hydrogen-bond acceptors (Lipinski definition) is 8. The van der Waals surface area contributed by atoms with Gasteiger partial charge < -0.3 is 4.74 Å². The van der Waals surface area contributed by atoms with Crippen molar-refractivity contribution in [3.8, 4) is 5.75 Å². The molecule has 8 aromatic rings. The number of pyridine rings is 2. The van der Waals surface area contributed by atoms with Crippen LogP contribution in [0.2, 0.25) is 0 Å². The zero-order valence-electron chi connectivity index (χ0n) is 35.9. The first-order chi connectivity index (χ1) is 28.6. The Morgan fingerprint density at radius 3 is 1.81 bits per heavy atom. The molecule has 5 heterocycles. The molecular formula is C51H60N4OS3. The van der Waals surface area contributed by atoms with Crippen molar-refractivity contribution in [2.75, 3.05) is 7.11 Å². The van der Waals surface area contributed by atoms with E-state index < -0.39 is 0 Å². The lowest BCUT2D eigenvalue weighted by Gasteiger charge is -2.55. The van der Waals surface area contributed by atoms with Crippen LogP contribution in [-0.2, 0) is 12.8 Å². The summed E-state index contributed by atoms with van der Waals surface area (Å²) in [5.74, 6) is 4.33. The second kappa shape index (κ2) is 21.7. The molecule has 0 spiro atoms. The van der Waals surface area contributed by atoms with E-state index in [1.165, 1.54) is 31.6 Å². The number of thiophene rings is 1. The third-order valence-electron chi connectivity index (χ3n) is 11.2. The van der Waals surface area contributed by atoms with Crippen LogP contribution in [0.4, 0.5) is 0 Å². The maximum atomic E-state index is 5.11. The fraction of sp³-hybridized carbons (Fsp3) is 0.373. The van der Waals surface area contributed by atoms with Gasteiger partial charge in [-0.15, -0.1) is 34.0 Å². The minimum Gasteiger partial charge on any atom is -0.497 e. The van der Waals surface area contributed by atoms with E-state index in [-0.39, 0.29) is 0 Å². The highest BCUT2D eigenvalue weighted by Crippen LogP contribution is 2.59. The molecule has 0 saturated heterocycles. The molecule has 0 radical (unpaired) electrons. The Hall–Kier alpha value is -4.50. The second-order valence-electron chi connectivity index (χ2n) is 16.3. The normalized spacial score (nSPS) is 19.4. The van der Waals surface area contributed by atoms with Crippen molar-refractivity contribution < 1.29 is 4.74 Å². The van der Waals surface area contributed by atoms with E-state index in [1.807, 2.05) is 110 Å². The lowest BCUT2D eigenvalue weighted by atomic mass is 9.50. The summed E-state index contributed by atoms with van der Waals surface area (Å²) in [5.41, 5.74) is 6.41. The van der Waals surface area contributed by atoms with Gasteiger partial charge in [-0.05, 0) is 167 Å². The van der Waals surface area contributed by atoms with E-state index in [9.17, 15) is 0 Å². The van der Waals surface area contributed by atoms with Crippen molar-refractivity contribution in [3.63, 3.8) is 0 Å². The summed E-state index contributed by atoms with van der Waals surface area (Å²) in [7, 11) is 1.68. The van der Waals surface area contributed by atoms with Gasteiger partial charge in [0.2, 0.25) is 0 Å². The highest BCUT2D eigenvalue weighted by atomic mass is 32.1. The molecule has 4 fully saturated rings. The number of nitrogens with zero attached hydrogens (tertiary/aromatic N) is 4. The maximum absolute atomic E-state index is 5.11. The standard InChI is InChI=1S/C11H18.C10H9N.C9H9NOS.C8H7NS.C7H9N.C6H8S/c1-11-5-8-2-9(6-11)4-10(3-8)7-11;1-8-6-9-4-2-3-5-10(9)11-7-8;1-6-10-8-4-3-7(11-2)5-9(8)12-6;1-6-9-7-4-2-3-5-8(7)10-6;1-2-7-5-3-4-6-8-7;1-2-6-4-3-5-7-6/h8-10H,2-7H2,1H3;2-7H,1H3;3-5H,1-2H3;2-5H,1H3;3-6H,2H2,1H3;3-5H,2H2,1H3. The summed E-state index contributed by atoms with van der Waals surface area (Å²) >= 11 is 5.25. The zero-order chi connectivity index (χ0) is 41.6. The number of aryl methyl sites for hydroxylation is 5. The number of thiazole rings is 2. The van der Waals surface area contributed by atoms with Gasteiger partial charge in [0.05, 0.1) is 43.1 Å². The molecule has 4 saturated carbocycles. The van der Waals surface area contributed by atoms with Crippen molar-refractivity contribution in [1.82, 2.24) is 19.9 Å². The Balaban J connectivity index is 0.000000120. The van der Waals surface area contributed by atoms with Gasteiger partial charge in [-0.3, -0.25) is 9.97 Å². The van der Waals surface area contributed by atoms with E-state index in [2.05, 4.69) is 83.3 Å². The van der Waals surface area contributed by atoms with E-state index in [4.69, 9.17) is 4.74 Å². The van der Waals surface area contributed by atoms with Crippen LogP contribution < -0.4 is 4.74 Å². The second-order valence-corrected chi connectivity index (χ2v) is 19.8. The summed E-state index contributed by atoms with van der Waals surface area (Å²) in [5, 5.41) is 5.56. The number of rotatable bonds is 3. The summed E-state index contributed by atoms with van der Waals surface area (Å²) in [6.07, 6.45) is 15.4. The smallest absolute Gasteiger partial charge is 0.120 e. The predicted molar refractivity (Wildman–Crippen MR) is 255 cm³/mol. The minimum absolute atomic E-state index is 0.800. The molecule has 12 rings (SSSR count). The van der Waals surface area contributed by atoms with Crippen molar-refractivity contribution in [1.29, 1.82) is 0 Å². The average Bonchev–Trinajstić information content (AvgIpc) is 4.00. The molecule has 0 amide bonds. The van der Waals surface area contributed by atoms with Crippen LogP contribution in [0, 0.1) is 43.9 Å². The maximum Gasteiger partial charge on any atom is 0.120 e. The van der Waals surface area contributed by atoms with Crippen molar-refractivity contribution in [2.45, 2.75) is 92.9 Å². The lowest BCUT2D eigenvalue weighted by Crippen LogP contribution is -2.44. The van der Waals surface area contributed by atoms with Crippen molar-refractivity contribution >= 4 is 65.3 Å². The molecule has 0 N–H and O–H groups in total. The molecule has 5 aromatic heterocycles. The summed E-state index contributed by atoms with van der Waals surface area (Å²) in [4.78, 5) is 18.5. The summed E-state index contributed by atoms with van der Waals surface area (Å²) in [6, 6.07) is 34.6. The fourth-order valence-corrected chi connectivity index (χ4v) is 11.3. The molecule has 4 aliphatic rings. The molecule has 59 heavy (non-hydrogen) atoms. The van der Waals surface area contributed by atoms with Crippen molar-refractivity contribution in [3.05, 3.63) is 147 Å². The molecule has 3 aromatic carbocycles. The zero-order valence-corrected chi connectivity index (χ0v) is 38.3. The first-order valence-corrected chi connectivity index (χ1v) is 23.6. The number of aromatic nitrogens is 4. The Bertz CT molecular complexity index is 2390. The van der Waals surface area contributed by atoms with E-state index in [0.717, 1.165) is 67.6 Å². The minimum atomic E-state index is 0.800. The number of hydrogen-bond donors (Lipinski definition) is 0. The Labute approximate surface area is 364 Å². The van der Waals surface area contributed by atoms with E-state index >= 15 is 0 Å². The first-order valence-electron chi connectivity index (χ1n) is 21.1. The van der Waals surface area contributed by atoms with Crippen LogP contribution in [0.1, 0.15) is 85.4 Å². The molecule has 4 bridgehead atoms. The monoisotopic (exact) mass is 840 g/mol. The average molecular weight is 841 g/mol. The SMILES string of the molecule is CC12CC3CC(CC(C3)C1)C2.CCc1ccccn1.CCc1cccs1.COc1ccc2nc(C)sc2c1.Cc1cnc2ccccc2c1.Cc1nc2ccccc2s1. The first kappa shape index (κ1) is 44.1. The Morgan fingerprint density at radius 2 is 1.27 bits per heavy atom. The molecule has 5 nitrogen and oxygen atoms in total. The van der Waals surface area contributed by atoms with Gasteiger partial charge in [0.15, 0.2) is 0 Å². The topological polar surface area (TPSA) is 60.8 Å². The highest BCUT2D eigenvalue weighted by molar-refractivity contribution is 7.18. The van der Waals surface area contributed by atoms with Gasteiger partial charge in [-0.1, -0.05) is 63.2 Å². The highest BCUT2D eigenvalue weighted by Gasteiger charge is 2.48. The van der Waals surface area contributed by atoms with Gasteiger partial charge in [-0.25, -0.2) is 9.97 Å². The largest absolute Gasteiger partial charge is 0.497 e. The fourth-order valence-electron chi connectivity index (χ4n) is 8.98. The number of ether oxygens (including phenoxy) is 1. The van der Waals surface area contributed by atoms with Gasteiger partial charge in [0.25, 0.3) is 0 Å². The third kappa shape index (κ3) is 13.2. The van der Waals surface area contributed by atoms with E-state index in [1.54, 1.807) is 68.3 Å². The lowest BCUT2D eigenvalue weighted by molar-refractivity contribution is -0.0411. The van der Waals surface area contributed by atoms with Crippen LogP contribution >= 0.6 is 34.0 Å². The molecular weight excluding hydrogens is 781 g/mol.